The van der Waals surface area contributed by atoms with Gasteiger partial charge in [0.05, 0.1) is 6.04 Å². The monoisotopic (exact) mass is 262 g/mol. The lowest BCUT2D eigenvalue weighted by Crippen LogP contribution is -2.44. The molecule has 2 atom stereocenters. The molecule has 0 spiro atoms. The van der Waals surface area contributed by atoms with E-state index in [-0.39, 0.29) is 18.0 Å². The summed E-state index contributed by atoms with van der Waals surface area (Å²) in [6, 6.07) is 8.57. The smallest absolute Gasteiger partial charge is 0.239 e. The number of carbonyl (C=O) groups is 1. The molecule has 19 heavy (non-hydrogen) atoms. The van der Waals surface area contributed by atoms with Crippen LogP contribution in [0.1, 0.15) is 44.4 Å². The van der Waals surface area contributed by atoms with Crippen molar-refractivity contribution in [2.45, 2.75) is 46.2 Å². The van der Waals surface area contributed by atoms with Gasteiger partial charge in [0.15, 0.2) is 0 Å². The number of benzene rings is 1. The molecule has 0 radical (unpaired) electrons. The Morgan fingerprint density at radius 2 is 1.84 bits per heavy atom. The number of nitrogens with one attached hydrogen (secondary N) is 1. The fourth-order valence-electron chi connectivity index (χ4n) is 2.11. The van der Waals surface area contributed by atoms with Gasteiger partial charge in [-0.05, 0) is 32.8 Å². The summed E-state index contributed by atoms with van der Waals surface area (Å²) in [5, 5.41) is 3.43. The molecule has 0 bridgehead atoms. The third-order valence-electron chi connectivity index (χ3n) is 3.56. The molecule has 0 saturated heterocycles. The van der Waals surface area contributed by atoms with Crippen molar-refractivity contribution in [3.63, 3.8) is 0 Å². The van der Waals surface area contributed by atoms with Gasteiger partial charge in [-0.25, -0.2) is 0 Å². The normalized spacial score (nSPS) is 13.9. The minimum atomic E-state index is -0.156. The third kappa shape index (κ3) is 4.35. The molecule has 0 saturated carbocycles. The van der Waals surface area contributed by atoms with E-state index in [0.29, 0.717) is 0 Å². The first kappa shape index (κ1) is 15.7. The molecule has 106 valence electrons. The van der Waals surface area contributed by atoms with Gasteiger partial charge in [-0.1, -0.05) is 36.8 Å². The topological polar surface area (TPSA) is 32.3 Å². The van der Waals surface area contributed by atoms with Crippen LogP contribution in [0.2, 0.25) is 0 Å². The maximum atomic E-state index is 12.1. The van der Waals surface area contributed by atoms with Crippen molar-refractivity contribution in [2.75, 3.05) is 13.6 Å². The van der Waals surface area contributed by atoms with Gasteiger partial charge in [0.1, 0.15) is 0 Å². The highest BCUT2D eigenvalue weighted by Gasteiger charge is 2.20. The highest BCUT2D eigenvalue weighted by molar-refractivity contribution is 5.81. The van der Waals surface area contributed by atoms with Crippen LogP contribution in [0.3, 0.4) is 0 Å². The summed E-state index contributed by atoms with van der Waals surface area (Å²) in [5.74, 6) is 0.146. The Hall–Kier alpha value is -1.35. The van der Waals surface area contributed by atoms with Gasteiger partial charge < -0.3 is 4.90 Å². The number of rotatable bonds is 6. The van der Waals surface area contributed by atoms with E-state index in [9.17, 15) is 4.79 Å². The Balaban J connectivity index is 2.71. The Labute approximate surface area is 117 Å². The number of hydrogen-bond acceptors (Lipinski definition) is 2. The standard InChI is InChI=1S/C16H26N2O/c1-6-15(14-10-8-12(3)9-11-14)17-13(4)16(19)18(5)7-2/h8-11,13,15,17H,6-7H2,1-5H3. The minimum Gasteiger partial charge on any atom is -0.345 e. The van der Waals surface area contributed by atoms with Crippen molar-refractivity contribution in [1.82, 2.24) is 10.2 Å². The van der Waals surface area contributed by atoms with Gasteiger partial charge in [-0.3, -0.25) is 10.1 Å². The Morgan fingerprint density at radius 3 is 2.32 bits per heavy atom. The third-order valence-corrected chi connectivity index (χ3v) is 3.56. The van der Waals surface area contributed by atoms with E-state index in [1.54, 1.807) is 4.90 Å². The second kappa shape index (κ2) is 7.29. The van der Waals surface area contributed by atoms with E-state index < -0.39 is 0 Å². The van der Waals surface area contributed by atoms with Gasteiger partial charge in [-0.15, -0.1) is 0 Å². The SMILES string of the molecule is CCC(NC(C)C(=O)N(C)CC)c1ccc(C)cc1. The average Bonchev–Trinajstić information content (AvgIpc) is 2.43. The van der Waals surface area contributed by atoms with Crippen molar-refractivity contribution >= 4 is 5.91 Å². The van der Waals surface area contributed by atoms with E-state index in [4.69, 9.17) is 0 Å². The summed E-state index contributed by atoms with van der Waals surface area (Å²) in [6.07, 6.45) is 0.969. The number of likely N-dealkylation sites (N-methyl/N-ethyl adjacent to an activating group) is 1. The molecule has 1 N–H and O–H groups in total. The molecule has 1 aromatic carbocycles. The Bertz CT molecular complexity index is 400. The number of aryl methyl sites for hydroxylation is 1. The molecule has 0 fully saturated rings. The van der Waals surface area contributed by atoms with Crippen LogP contribution in [0.4, 0.5) is 0 Å². The zero-order valence-electron chi connectivity index (χ0n) is 12.7. The first-order valence-electron chi connectivity index (χ1n) is 7.07. The second-order valence-corrected chi connectivity index (χ2v) is 5.11. The lowest BCUT2D eigenvalue weighted by molar-refractivity contribution is -0.131. The molecular formula is C16H26N2O. The highest BCUT2D eigenvalue weighted by atomic mass is 16.2. The average molecular weight is 262 g/mol. The molecule has 0 aliphatic heterocycles. The zero-order valence-corrected chi connectivity index (χ0v) is 12.7. The number of carbonyl (C=O) groups excluding carboxylic acids is 1. The van der Waals surface area contributed by atoms with E-state index in [2.05, 4.69) is 43.4 Å². The summed E-state index contributed by atoms with van der Waals surface area (Å²) in [7, 11) is 1.84. The number of amides is 1. The highest BCUT2D eigenvalue weighted by Crippen LogP contribution is 2.18. The predicted octanol–water partition coefficient (Wildman–Crippen LogP) is 2.90. The molecular weight excluding hydrogens is 236 g/mol. The molecule has 3 nitrogen and oxygen atoms in total. The lowest BCUT2D eigenvalue weighted by atomic mass is 10.0. The molecule has 1 aromatic rings. The molecule has 2 unspecified atom stereocenters. The van der Waals surface area contributed by atoms with Gasteiger partial charge >= 0.3 is 0 Å². The van der Waals surface area contributed by atoms with E-state index >= 15 is 0 Å². The lowest BCUT2D eigenvalue weighted by Gasteiger charge is -2.25. The summed E-state index contributed by atoms with van der Waals surface area (Å²) in [4.78, 5) is 13.8. The van der Waals surface area contributed by atoms with Gasteiger partial charge in [-0.2, -0.15) is 0 Å². The first-order valence-corrected chi connectivity index (χ1v) is 7.07. The van der Waals surface area contributed by atoms with Gasteiger partial charge in [0.2, 0.25) is 5.91 Å². The van der Waals surface area contributed by atoms with Crippen LogP contribution in [-0.4, -0.2) is 30.4 Å². The predicted molar refractivity (Wildman–Crippen MR) is 80.1 cm³/mol. The zero-order chi connectivity index (χ0) is 14.4. The molecule has 0 heterocycles. The van der Waals surface area contributed by atoms with Crippen LogP contribution in [-0.2, 0) is 4.79 Å². The van der Waals surface area contributed by atoms with Crippen molar-refractivity contribution < 1.29 is 4.79 Å². The van der Waals surface area contributed by atoms with Crippen LogP contribution in [0, 0.1) is 6.92 Å². The number of nitrogens with zero attached hydrogens (tertiary/aromatic N) is 1. The van der Waals surface area contributed by atoms with Crippen LogP contribution in [0.5, 0.6) is 0 Å². The van der Waals surface area contributed by atoms with Crippen molar-refractivity contribution in [3.8, 4) is 0 Å². The van der Waals surface area contributed by atoms with Gasteiger partial charge in [0.25, 0.3) is 0 Å². The van der Waals surface area contributed by atoms with Gasteiger partial charge in [0, 0.05) is 19.6 Å². The van der Waals surface area contributed by atoms with Crippen molar-refractivity contribution in [1.29, 1.82) is 0 Å². The number of hydrogen-bond donors (Lipinski definition) is 1. The second-order valence-electron chi connectivity index (χ2n) is 5.11. The van der Waals surface area contributed by atoms with Crippen molar-refractivity contribution in [3.05, 3.63) is 35.4 Å². The van der Waals surface area contributed by atoms with Crippen LogP contribution in [0.15, 0.2) is 24.3 Å². The van der Waals surface area contributed by atoms with E-state index in [1.165, 1.54) is 11.1 Å². The summed E-state index contributed by atoms with van der Waals surface area (Å²) in [5.41, 5.74) is 2.50. The maximum absolute atomic E-state index is 12.1. The minimum absolute atomic E-state index is 0.146. The molecule has 0 aliphatic rings. The fraction of sp³-hybridized carbons (Fsp3) is 0.562. The quantitative estimate of drug-likeness (QED) is 0.855. The van der Waals surface area contributed by atoms with Crippen LogP contribution < -0.4 is 5.32 Å². The molecule has 1 amide bonds. The molecule has 3 heteroatoms. The molecule has 1 rings (SSSR count). The summed E-state index contributed by atoms with van der Waals surface area (Å²) < 4.78 is 0. The summed E-state index contributed by atoms with van der Waals surface area (Å²) >= 11 is 0. The first-order chi connectivity index (χ1) is 8.99. The largest absolute Gasteiger partial charge is 0.345 e. The molecule has 0 aliphatic carbocycles. The summed E-state index contributed by atoms with van der Waals surface area (Å²) in [6.45, 7) is 8.89. The van der Waals surface area contributed by atoms with Crippen LogP contribution >= 0.6 is 0 Å². The Morgan fingerprint density at radius 1 is 1.26 bits per heavy atom. The fourth-order valence-corrected chi connectivity index (χ4v) is 2.11. The van der Waals surface area contributed by atoms with E-state index in [1.807, 2.05) is 20.9 Å². The Kier molecular flexibility index (Phi) is 6.03. The van der Waals surface area contributed by atoms with E-state index in [0.717, 1.165) is 13.0 Å². The van der Waals surface area contributed by atoms with Crippen molar-refractivity contribution in [2.24, 2.45) is 0 Å². The van der Waals surface area contributed by atoms with Crippen LogP contribution in [0.25, 0.3) is 0 Å². The maximum Gasteiger partial charge on any atom is 0.239 e. The molecule has 0 aromatic heterocycles.